The SMILES string of the molecule is C/C=C/c1ccc(OC(F)(F)c2c(F)cc(-c3ccc(-c4ccc(C5CCC(CCCCC)CC5)cc4F)cc3F)cc2F)cc1F. The maximum atomic E-state index is 15.3. The zero-order valence-electron chi connectivity index (χ0n) is 26.4. The van der Waals surface area contributed by atoms with Gasteiger partial charge in [-0.1, -0.05) is 69.0 Å². The van der Waals surface area contributed by atoms with Gasteiger partial charge in [0.05, 0.1) is 0 Å². The smallest absolute Gasteiger partial charge is 0.429 e. The Hall–Kier alpha value is -4.07. The van der Waals surface area contributed by atoms with E-state index in [1.807, 2.05) is 6.07 Å². The van der Waals surface area contributed by atoms with Gasteiger partial charge in [0.2, 0.25) is 0 Å². The van der Waals surface area contributed by atoms with E-state index < -0.39 is 46.5 Å². The van der Waals surface area contributed by atoms with E-state index in [9.17, 15) is 22.0 Å². The standard InChI is InChI=1S/C39H37F7O/c1-3-5-6-8-24-9-11-25(12-10-24)27-14-17-31(34(41)19-27)28-15-18-32(35(42)20-28)29-21-36(43)38(37(44)22-29)39(45,46)47-30-16-13-26(7-4-2)33(40)23-30/h4,7,13-25H,3,5-6,8-12H2,1-2H3/b7-4+. The fourth-order valence-corrected chi connectivity index (χ4v) is 6.50. The average Bonchev–Trinajstić information content (AvgIpc) is 3.02. The van der Waals surface area contributed by atoms with Crippen molar-refractivity contribution < 1.29 is 35.5 Å². The molecule has 1 aliphatic carbocycles. The number of rotatable bonds is 11. The summed E-state index contributed by atoms with van der Waals surface area (Å²) in [6.45, 7) is 3.84. The van der Waals surface area contributed by atoms with Crippen LogP contribution in [0.4, 0.5) is 30.7 Å². The fourth-order valence-electron chi connectivity index (χ4n) is 6.50. The summed E-state index contributed by atoms with van der Waals surface area (Å²) in [7, 11) is 0. The van der Waals surface area contributed by atoms with Crippen LogP contribution in [0, 0.1) is 35.0 Å². The molecule has 0 aliphatic heterocycles. The van der Waals surface area contributed by atoms with Crippen molar-refractivity contribution in [1.82, 2.24) is 0 Å². The van der Waals surface area contributed by atoms with Crippen molar-refractivity contribution in [1.29, 1.82) is 0 Å². The minimum atomic E-state index is -4.51. The summed E-state index contributed by atoms with van der Waals surface area (Å²) in [4.78, 5) is 0. The lowest BCUT2D eigenvalue weighted by Gasteiger charge is -2.29. The first-order chi connectivity index (χ1) is 22.5. The van der Waals surface area contributed by atoms with Crippen LogP contribution >= 0.6 is 0 Å². The molecule has 1 aliphatic rings. The Morgan fingerprint density at radius 2 is 1.34 bits per heavy atom. The van der Waals surface area contributed by atoms with Crippen LogP contribution in [0.25, 0.3) is 28.3 Å². The molecule has 47 heavy (non-hydrogen) atoms. The number of ether oxygens (including phenoxy) is 1. The van der Waals surface area contributed by atoms with Crippen LogP contribution in [0.5, 0.6) is 5.75 Å². The number of allylic oxidation sites excluding steroid dienone is 1. The number of unbranched alkanes of at least 4 members (excludes halogenated alkanes) is 2. The molecule has 0 aromatic heterocycles. The molecule has 0 N–H and O–H groups in total. The van der Waals surface area contributed by atoms with Gasteiger partial charge in [0.25, 0.3) is 0 Å². The molecule has 4 aromatic rings. The Balaban J connectivity index is 1.31. The van der Waals surface area contributed by atoms with Gasteiger partial charge in [-0.3, -0.25) is 0 Å². The quantitative estimate of drug-likeness (QED) is 0.116. The Labute approximate surface area is 271 Å². The molecule has 0 bridgehead atoms. The molecule has 0 spiro atoms. The molecule has 1 nitrogen and oxygen atoms in total. The van der Waals surface area contributed by atoms with Crippen LogP contribution in [-0.4, -0.2) is 0 Å². The maximum Gasteiger partial charge on any atom is 0.432 e. The summed E-state index contributed by atoms with van der Waals surface area (Å²) in [6.07, 6.45) is 7.66. The molecule has 0 saturated heterocycles. The van der Waals surface area contributed by atoms with Crippen molar-refractivity contribution in [3.05, 3.63) is 119 Å². The number of hydrogen-bond acceptors (Lipinski definition) is 1. The van der Waals surface area contributed by atoms with Crippen molar-refractivity contribution in [3.63, 3.8) is 0 Å². The largest absolute Gasteiger partial charge is 0.432 e. The van der Waals surface area contributed by atoms with E-state index in [4.69, 9.17) is 0 Å². The van der Waals surface area contributed by atoms with Crippen LogP contribution in [0.2, 0.25) is 0 Å². The van der Waals surface area contributed by atoms with Crippen molar-refractivity contribution in [2.45, 2.75) is 77.2 Å². The summed E-state index contributed by atoms with van der Waals surface area (Å²) in [6, 6.07) is 12.7. The van der Waals surface area contributed by atoms with Crippen LogP contribution in [0.15, 0.2) is 72.8 Å². The van der Waals surface area contributed by atoms with Gasteiger partial charge < -0.3 is 4.74 Å². The van der Waals surface area contributed by atoms with Gasteiger partial charge in [-0.15, -0.1) is 0 Å². The van der Waals surface area contributed by atoms with E-state index >= 15 is 8.78 Å². The molecule has 8 heteroatoms. The van der Waals surface area contributed by atoms with Gasteiger partial charge in [-0.2, -0.15) is 8.78 Å². The predicted molar refractivity (Wildman–Crippen MR) is 172 cm³/mol. The first-order valence-corrected chi connectivity index (χ1v) is 16.1. The lowest BCUT2D eigenvalue weighted by molar-refractivity contribution is -0.189. The van der Waals surface area contributed by atoms with E-state index in [0.717, 1.165) is 49.3 Å². The number of halogens is 7. The Morgan fingerprint density at radius 3 is 1.96 bits per heavy atom. The van der Waals surface area contributed by atoms with E-state index in [2.05, 4.69) is 11.7 Å². The molecule has 5 rings (SSSR count). The van der Waals surface area contributed by atoms with Gasteiger partial charge in [-0.05, 0) is 97.5 Å². The third-order valence-electron chi connectivity index (χ3n) is 9.02. The maximum absolute atomic E-state index is 15.3. The number of alkyl halides is 2. The normalized spacial score (nSPS) is 17.0. The third kappa shape index (κ3) is 7.91. The summed E-state index contributed by atoms with van der Waals surface area (Å²) >= 11 is 0. The topological polar surface area (TPSA) is 9.23 Å². The van der Waals surface area contributed by atoms with Crippen molar-refractivity contribution in [3.8, 4) is 28.0 Å². The minimum Gasteiger partial charge on any atom is -0.429 e. The van der Waals surface area contributed by atoms with Crippen molar-refractivity contribution >= 4 is 6.08 Å². The van der Waals surface area contributed by atoms with E-state index in [-0.39, 0.29) is 33.7 Å². The molecule has 0 unspecified atom stereocenters. The lowest BCUT2D eigenvalue weighted by Crippen LogP contribution is -2.25. The first kappa shape index (κ1) is 34.3. The average molecular weight is 655 g/mol. The van der Waals surface area contributed by atoms with Crippen molar-refractivity contribution in [2.24, 2.45) is 5.92 Å². The second kappa shape index (κ2) is 14.8. The highest BCUT2D eigenvalue weighted by Gasteiger charge is 2.41. The van der Waals surface area contributed by atoms with E-state index in [0.29, 0.717) is 18.2 Å². The number of hydrogen-bond donors (Lipinski definition) is 0. The zero-order chi connectivity index (χ0) is 33.7. The molecule has 0 heterocycles. The summed E-state index contributed by atoms with van der Waals surface area (Å²) in [5, 5.41) is 0. The predicted octanol–water partition coefficient (Wildman–Crippen LogP) is 12.7. The molecular formula is C39H37F7O. The Bertz CT molecular complexity index is 1710. The second-order valence-corrected chi connectivity index (χ2v) is 12.3. The van der Waals surface area contributed by atoms with Crippen LogP contribution in [0.1, 0.15) is 87.8 Å². The summed E-state index contributed by atoms with van der Waals surface area (Å²) in [5.74, 6) is -5.29. The van der Waals surface area contributed by atoms with Crippen molar-refractivity contribution in [2.75, 3.05) is 0 Å². The lowest BCUT2D eigenvalue weighted by atomic mass is 9.77. The van der Waals surface area contributed by atoms with Gasteiger partial charge in [0, 0.05) is 22.8 Å². The van der Waals surface area contributed by atoms with Gasteiger partial charge >= 0.3 is 6.11 Å². The Kier molecular flexibility index (Phi) is 10.8. The van der Waals surface area contributed by atoms with Crippen LogP contribution < -0.4 is 4.74 Å². The van der Waals surface area contributed by atoms with Gasteiger partial charge in [-0.25, -0.2) is 22.0 Å². The monoisotopic (exact) mass is 654 g/mol. The van der Waals surface area contributed by atoms with Gasteiger partial charge in [0.1, 0.15) is 40.4 Å². The summed E-state index contributed by atoms with van der Waals surface area (Å²) < 4.78 is 109. The Morgan fingerprint density at radius 1 is 0.702 bits per heavy atom. The third-order valence-corrected chi connectivity index (χ3v) is 9.02. The fraction of sp³-hybridized carbons (Fsp3) is 0.333. The highest BCUT2D eigenvalue weighted by atomic mass is 19.3. The molecule has 1 fully saturated rings. The zero-order valence-corrected chi connectivity index (χ0v) is 26.4. The molecular weight excluding hydrogens is 617 g/mol. The molecule has 4 aromatic carbocycles. The van der Waals surface area contributed by atoms with Crippen LogP contribution in [0.3, 0.4) is 0 Å². The molecule has 0 amide bonds. The van der Waals surface area contributed by atoms with E-state index in [1.54, 1.807) is 19.1 Å². The number of benzene rings is 4. The molecule has 1 saturated carbocycles. The molecule has 0 atom stereocenters. The highest BCUT2D eigenvalue weighted by Crippen LogP contribution is 2.41. The first-order valence-electron chi connectivity index (χ1n) is 16.1. The summed E-state index contributed by atoms with van der Waals surface area (Å²) in [5.41, 5.74) is -0.889. The molecule has 0 radical (unpaired) electrons. The minimum absolute atomic E-state index is 0.114. The van der Waals surface area contributed by atoms with Gasteiger partial charge in [0.15, 0.2) is 0 Å². The highest BCUT2D eigenvalue weighted by molar-refractivity contribution is 5.72. The van der Waals surface area contributed by atoms with Crippen LogP contribution in [-0.2, 0) is 6.11 Å². The molecule has 248 valence electrons. The van der Waals surface area contributed by atoms with E-state index in [1.165, 1.54) is 56.0 Å². The second-order valence-electron chi connectivity index (χ2n) is 12.3.